The summed E-state index contributed by atoms with van der Waals surface area (Å²) in [6.07, 6.45) is -1.03. The maximum absolute atomic E-state index is 12.3. The van der Waals surface area contributed by atoms with E-state index in [4.69, 9.17) is 4.74 Å². The first-order chi connectivity index (χ1) is 8.47. The molecule has 2 rings (SSSR count). The fraction of sp³-hybridized carbons (Fsp3) is 0.727. The molecule has 18 heavy (non-hydrogen) atoms. The molecular formula is C11H14F3NO2S. The maximum atomic E-state index is 12.3. The number of hydrogen-bond acceptors (Lipinski definition) is 4. The topological polar surface area (TPSA) is 42.4 Å². The molecule has 2 heterocycles. The smallest absolute Gasteiger partial charge is 0.388 e. The van der Waals surface area contributed by atoms with Crippen LogP contribution in [-0.2, 0) is 10.9 Å². The molecule has 0 saturated carbocycles. The molecule has 0 amide bonds. The highest BCUT2D eigenvalue weighted by Crippen LogP contribution is 2.35. The second-order valence-electron chi connectivity index (χ2n) is 4.29. The van der Waals surface area contributed by atoms with Gasteiger partial charge in [0, 0.05) is 12.8 Å². The molecule has 1 saturated heterocycles. The Bertz CT molecular complexity index is 388. The van der Waals surface area contributed by atoms with Gasteiger partial charge >= 0.3 is 6.18 Å². The quantitative estimate of drug-likeness (QED) is 0.921. The molecule has 0 bridgehead atoms. The van der Waals surface area contributed by atoms with Crippen molar-refractivity contribution in [1.82, 2.24) is 4.98 Å². The predicted octanol–water partition coefficient (Wildman–Crippen LogP) is 3.15. The Morgan fingerprint density at radius 2 is 2.33 bits per heavy atom. The van der Waals surface area contributed by atoms with Gasteiger partial charge in [-0.25, -0.2) is 4.98 Å². The molecule has 0 aromatic carbocycles. The van der Waals surface area contributed by atoms with Crippen LogP contribution >= 0.6 is 11.3 Å². The minimum Gasteiger partial charge on any atom is -0.388 e. The highest BCUT2D eigenvalue weighted by Gasteiger charge is 2.35. The van der Waals surface area contributed by atoms with Gasteiger partial charge in [0.2, 0.25) is 0 Å². The number of rotatable bonds is 4. The monoisotopic (exact) mass is 281 g/mol. The van der Waals surface area contributed by atoms with Crippen molar-refractivity contribution in [3.05, 3.63) is 16.1 Å². The second kappa shape index (κ2) is 5.54. The molecule has 1 aromatic rings. The lowest BCUT2D eigenvalue weighted by atomic mass is 10.1. The fourth-order valence-electron chi connectivity index (χ4n) is 1.93. The standard InChI is InChI=1S/C11H14F3NO2S/c12-11(13,14)10-15-6-9(18-10)8(16)4-3-7-2-1-5-17-7/h6-8,16H,1-5H2. The number of hydrogen-bond donors (Lipinski definition) is 1. The molecule has 7 heteroatoms. The van der Waals surface area contributed by atoms with Crippen LogP contribution in [0.2, 0.25) is 0 Å². The first kappa shape index (κ1) is 13.8. The van der Waals surface area contributed by atoms with Gasteiger partial charge in [0.1, 0.15) is 0 Å². The molecule has 2 unspecified atom stereocenters. The highest BCUT2D eigenvalue weighted by molar-refractivity contribution is 7.11. The summed E-state index contributed by atoms with van der Waals surface area (Å²) in [4.78, 5) is 3.55. The number of aliphatic hydroxyl groups excluding tert-OH is 1. The van der Waals surface area contributed by atoms with Gasteiger partial charge in [-0.2, -0.15) is 13.2 Å². The van der Waals surface area contributed by atoms with Gasteiger partial charge in [0.05, 0.1) is 17.1 Å². The minimum absolute atomic E-state index is 0.134. The normalized spacial score (nSPS) is 22.3. The Labute approximate surface area is 107 Å². The zero-order chi connectivity index (χ0) is 13.2. The Hall–Kier alpha value is -0.660. The number of aromatic nitrogens is 1. The van der Waals surface area contributed by atoms with E-state index in [0.717, 1.165) is 25.6 Å². The molecule has 0 spiro atoms. The summed E-state index contributed by atoms with van der Waals surface area (Å²) in [5.41, 5.74) is 0. The molecule has 1 N–H and O–H groups in total. The number of aliphatic hydroxyl groups is 1. The van der Waals surface area contributed by atoms with E-state index in [-0.39, 0.29) is 11.0 Å². The Morgan fingerprint density at radius 1 is 1.56 bits per heavy atom. The summed E-state index contributed by atoms with van der Waals surface area (Å²) < 4.78 is 42.4. The molecule has 0 aliphatic carbocycles. The Kier molecular flexibility index (Phi) is 4.24. The third-order valence-corrected chi connectivity index (χ3v) is 4.02. The Morgan fingerprint density at radius 3 is 2.89 bits per heavy atom. The summed E-state index contributed by atoms with van der Waals surface area (Å²) in [6, 6.07) is 0. The molecule has 1 aliphatic rings. The largest absolute Gasteiger partial charge is 0.443 e. The minimum atomic E-state index is -4.43. The first-order valence-corrected chi connectivity index (χ1v) is 6.61. The van der Waals surface area contributed by atoms with Gasteiger partial charge in [-0.15, -0.1) is 11.3 Å². The zero-order valence-corrected chi connectivity index (χ0v) is 10.4. The van der Waals surface area contributed by atoms with E-state index in [1.54, 1.807) is 0 Å². The van der Waals surface area contributed by atoms with Gasteiger partial charge < -0.3 is 9.84 Å². The van der Waals surface area contributed by atoms with Crippen molar-refractivity contribution in [2.24, 2.45) is 0 Å². The fourth-order valence-corrected chi connectivity index (χ4v) is 2.73. The van der Waals surface area contributed by atoms with E-state index in [9.17, 15) is 18.3 Å². The summed E-state index contributed by atoms with van der Waals surface area (Å²) in [7, 11) is 0. The molecular weight excluding hydrogens is 267 g/mol. The molecule has 3 nitrogen and oxygen atoms in total. The van der Waals surface area contributed by atoms with E-state index in [2.05, 4.69) is 4.98 Å². The van der Waals surface area contributed by atoms with Crippen molar-refractivity contribution in [3.8, 4) is 0 Å². The van der Waals surface area contributed by atoms with Crippen LogP contribution in [0, 0.1) is 0 Å². The van der Waals surface area contributed by atoms with Gasteiger partial charge in [0.15, 0.2) is 5.01 Å². The van der Waals surface area contributed by atoms with E-state index >= 15 is 0 Å². The van der Waals surface area contributed by atoms with Crippen molar-refractivity contribution in [2.45, 2.75) is 44.1 Å². The molecule has 1 aliphatic heterocycles. The number of nitrogens with zero attached hydrogens (tertiary/aromatic N) is 1. The van der Waals surface area contributed by atoms with Crippen molar-refractivity contribution >= 4 is 11.3 Å². The van der Waals surface area contributed by atoms with Crippen LogP contribution in [0.15, 0.2) is 6.20 Å². The average Bonchev–Trinajstić information content (AvgIpc) is 2.96. The van der Waals surface area contributed by atoms with Crippen LogP contribution in [0.3, 0.4) is 0 Å². The van der Waals surface area contributed by atoms with Crippen LogP contribution in [0.25, 0.3) is 0 Å². The van der Waals surface area contributed by atoms with Crippen molar-refractivity contribution in [3.63, 3.8) is 0 Å². The van der Waals surface area contributed by atoms with Crippen molar-refractivity contribution in [1.29, 1.82) is 0 Å². The lowest BCUT2D eigenvalue weighted by molar-refractivity contribution is -0.137. The van der Waals surface area contributed by atoms with Gasteiger partial charge in [-0.3, -0.25) is 0 Å². The number of ether oxygens (including phenoxy) is 1. The zero-order valence-electron chi connectivity index (χ0n) is 9.61. The summed E-state index contributed by atoms with van der Waals surface area (Å²) in [5, 5.41) is 8.90. The summed E-state index contributed by atoms with van der Waals surface area (Å²) in [5.74, 6) is 0. The van der Waals surface area contributed by atoms with E-state index in [1.807, 2.05) is 0 Å². The number of alkyl halides is 3. The summed E-state index contributed by atoms with van der Waals surface area (Å²) >= 11 is 0.503. The van der Waals surface area contributed by atoms with Crippen LogP contribution < -0.4 is 0 Å². The van der Waals surface area contributed by atoms with E-state index in [0.29, 0.717) is 24.2 Å². The molecule has 102 valence electrons. The van der Waals surface area contributed by atoms with E-state index in [1.165, 1.54) is 0 Å². The van der Waals surface area contributed by atoms with E-state index < -0.39 is 17.3 Å². The lowest BCUT2D eigenvalue weighted by Gasteiger charge is -2.12. The summed E-state index contributed by atoms with van der Waals surface area (Å²) in [6.45, 7) is 0.736. The van der Waals surface area contributed by atoms with Crippen LogP contribution in [0.4, 0.5) is 13.2 Å². The van der Waals surface area contributed by atoms with Gasteiger partial charge in [-0.05, 0) is 25.7 Å². The van der Waals surface area contributed by atoms with Gasteiger partial charge in [0.25, 0.3) is 0 Å². The first-order valence-electron chi connectivity index (χ1n) is 5.79. The molecule has 0 radical (unpaired) electrons. The molecule has 1 aromatic heterocycles. The molecule has 2 atom stereocenters. The van der Waals surface area contributed by atoms with Crippen molar-refractivity contribution < 1.29 is 23.0 Å². The lowest BCUT2D eigenvalue weighted by Crippen LogP contribution is -2.07. The molecule has 1 fully saturated rings. The predicted molar refractivity (Wildman–Crippen MR) is 60.3 cm³/mol. The third kappa shape index (κ3) is 3.43. The van der Waals surface area contributed by atoms with Crippen LogP contribution in [0.5, 0.6) is 0 Å². The van der Waals surface area contributed by atoms with Gasteiger partial charge in [-0.1, -0.05) is 0 Å². The van der Waals surface area contributed by atoms with Crippen molar-refractivity contribution in [2.75, 3.05) is 6.61 Å². The number of thiazole rings is 1. The van der Waals surface area contributed by atoms with Crippen LogP contribution in [0.1, 0.15) is 41.7 Å². The Balaban J connectivity index is 1.88. The third-order valence-electron chi connectivity index (χ3n) is 2.88. The second-order valence-corrected chi connectivity index (χ2v) is 5.36. The SMILES string of the molecule is OC(CCC1CCCO1)c1cnc(C(F)(F)F)s1. The van der Waals surface area contributed by atoms with Crippen LogP contribution in [-0.4, -0.2) is 22.8 Å². The average molecular weight is 281 g/mol. The highest BCUT2D eigenvalue weighted by atomic mass is 32.1. The number of halogens is 3. The maximum Gasteiger partial charge on any atom is 0.443 e.